The van der Waals surface area contributed by atoms with Crippen molar-refractivity contribution in [3.63, 3.8) is 0 Å². The molecule has 0 saturated heterocycles. The minimum absolute atomic E-state index is 0.0863. The van der Waals surface area contributed by atoms with Crippen molar-refractivity contribution in [3.8, 4) is 0 Å². The molecule has 0 aliphatic carbocycles. The second-order valence-corrected chi connectivity index (χ2v) is 5.89. The highest BCUT2D eigenvalue weighted by atomic mass is 35.5. The van der Waals surface area contributed by atoms with Gasteiger partial charge in [0.25, 0.3) is 0 Å². The van der Waals surface area contributed by atoms with Gasteiger partial charge in [-0.1, -0.05) is 24.6 Å². The lowest BCUT2D eigenvalue weighted by molar-refractivity contribution is -0.122. The monoisotopic (exact) mass is 331 g/mol. The van der Waals surface area contributed by atoms with Gasteiger partial charge in [-0.15, -0.1) is 0 Å². The average Bonchev–Trinajstić information content (AvgIpc) is 3.12. The van der Waals surface area contributed by atoms with E-state index in [4.69, 9.17) is 11.6 Å². The summed E-state index contributed by atoms with van der Waals surface area (Å²) in [5.41, 5.74) is 0.939. The minimum Gasteiger partial charge on any atom is -0.344 e. The molecule has 3 aromatic rings. The predicted molar refractivity (Wildman–Crippen MR) is 89.2 cm³/mol. The van der Waals surface area contributed by atoms with Crippen molar-refractivity contribution >= 4 is 28.4 Å². The molecular weight excluding hydrogens is 314 g/mol. The van der Waals surface area contributed by atoms with Gasteiger partial charge in [-0.05, 0) is 36.9 Å². The van der Waals surface area contributed by atoms with Gasteiger partial charge in [0.1, 0.15) is 12.4 Å². The summed E-state index contributed by atoms with van der Waals surface area (Å²) in [7, 11) is 0. The zero-order valence-corrected chi connectivity index (χ0v) is 13.8. The smallest absolute Gasteiger partial charge is 0.240 e. The van der Waals surface area contributed by atoms with E-state index >= 15 is 0 Å². The fraction of sp³-hybridized carbons (Fsp3) is 0.312. The molecule has 1 amide bonds. The third-order valence-corrected chi connectivity index (χ3v) is 3.95. The largest absolute Gasteiger partial charge is 0.344 e. The van der Waals surface area contributed by atoms with Crippen LogP contribution in [0.25, 0.3) is 10.9 Å². The molecule has 1 atom stereocenters. The van der Waals surface area contributed by atoms with Gasteiger partial charge in [0.2, 0.25) is 5.91 Å². The van der Waals surface area contributed by atoms with E-state index in [1.807, 2.05) is 48.9 Å². The van der Waals surface area contributed by atoms with Crippen LogP contribution in [0.4, 0.5) is 0 Å². The number of carbonyl (C=O) groups excluding carboxylic acids is 1. The number of rotatable bonds is 5. The lowest BCUT2D eigenvalue weighted by atomic mass is 10.2. The van der Waals surface area contributed by atoms with E-state index in [2.05, 4.69) is 20.5 Å². The first-order chi connectivity index (χ1) is 11.1. The van der Waals surface area contributed by atoms with Crippen LogP contribution in [0.1, 0.15) is 31.0 Å². The predicted octanol–water partition coefficient (Wildman–Crippen LogP) is 2.99. The number of nitrogens with zero attached hydrogens (tertiary/aromatic N) is 3. The van der Waals surface area contributed by atoms with Crippen LogP contribution in [0.3, 0.4) is 0 Å². The Kier molecular flexibility index (Phi) is 4.34. The maximum absolute atomic E-state index is 12.4. The van der Waals surface area contributed by atoms with Crippen molar-refractivity contribution in [2.75, 3.05) is 0 Å². The Morgan fingerprint density at radius 3 is 2.96 bits per heavy atom. The van der Waals surface area contributed by atoms with Crippen molar-refractivity contribution in [2.24, 2.45) is 0 Å². The lowest BCUT2D eigenvalue weighted by Crippen LogP contribution is -2.31. The quantitative estimate of drug-likeness (QED) is 0.754. The first-order valence-corrected chi connectivity index (χ1v) is 7.87. The number of H-pyrrole nitrogens is 1. The Morgan fingerprint density at radius 1 is 1.43 bits per heavy atom. The molecule has 2 N–H and O–H groups in total. The average molecular weight is 332 g/mol. The third kappa shape index (κ3) is 3.37. The number of amides is 1. The van der Waals surface area contributed by atoms with Crippen molar-refractivity contribution in [3.05, 3.63) is 47.1 Å². The molecule has 0 aliphatic heterocycles. The molecule has 1 unspecified atom stereocenters. The van der Waals surface area contributed by atoms with Crippen LogP contribution < -0.4 is 5.32 Å². The summed E-state index contributed by atoms with van der Waals surface area (Å²) in [6.45, 7) is 4.05. The number of aromatic amines is 1. The van der Waals surface area contributed by atoms with E-state index in [-0.39, 0.29) is 18.5 Å². The number of fused-ring (bicyclic) bond motifs is 1. The minimum atomic E-state index is -0.196. The summed E-state index contributed by atoms with van der Waals surface area (Å²) in [5, 5.41) is 11.6. The number of carbonyl (C=O) groups is 1. The highest BCUT2D eigenvalue weighted by Gasteiger charge is 2.17. The molecule has 0 fully saturated rings. The van der Waals surface area contributed by atoms with Crippen LogP contribution in [0, 0.1) is 6.92 Å². The van der Waals surface area contributed by atoms with Crippen LogP contribution in [0.2, 0.25) is 5.02 Å². The summed E-state index contributed by atoms with van der Waals surface area (Å²) in [4.78, 5) is 16.6. The van der Waals surface area contributed by atoms with Gasteiger partial charge in [0.15, 0.2) is 5.82 Å². The summed E-state index contributed by atoms with van der Waals surface area (Å²) in [6, 6.07) is 7.41. The second kappa shape index (κ2) is 6.42. The molecule has 0 radical (unpaired) electrons. The molecule has 0 bridgehead atoms. The molecule has 0 spiro atoms. The van der Waals surface area contributed by atoms with Gasteiger partial charge < -0.3 is 9.88 Å². The Labute approximate surface area is 138 Å². The van der Waals surface area contributed by atoms with Crippen LogP contribution in [0.5, 0.6) is 0 Å². The fourth-order valence-corrected chi connectivity index (χ4v) is 2.72. The van der Waals surface area contributed by atoms with Gasteiger partial charge in [-0.25, -0.2) is 4.98 Å². The standard InChI is InChI=1S/C16H18ClN5O/c1-3-13(16-18-10(2)20-21-16)19-15(23)9-22-7-6-11-4-5-12(17)8-14(11)22/h4-8,13H,3,9H2,1-2H3,(H,19,23)(H,18,20,21). The maximum Gasteiger partial charge on any atom is 0.240 e. The lowest BCUT2D eigenvalue weighted by Gasteiger charge is -2.14. The van der Waals surface area contributed by atoms with Crippen molar-refractivity contribution in [1.82, 2.24) is 25.1 Å². The van der Waals surface area contributed by atoms with E-state index in [0.717, 1.165) is 23.1 Å². The number of benzene rings is 1. The normalized spacial score (nSPS) is 12.5. The van der Waals surface area contributed by atoms with Gasteiger partial charge in [0.05, 0.1) is 6.04 Å². The van der Waals surface area contributed by atoms with E-state index in [9.17, 15) is 4.79 Å². The zero-order valence-electron chi connectivity index (χ0n) is 13.0. The van der Waals surface area contributed by atoms with Gasteiger partial charge in [-0.3, -0.25) is 9.89 Å². The van der Waals surface area contributed by atoms with E-state index in [1.54, 1.807) is 0 Å². The number of hydrogen-bond acceptors (Lipinski definition) is 3. The van der Waals surface area contributed by atoms with Gasteiger partial charge in [0, 0.05) is 16.7 Å². The molecule has 6 nitrogen and oxygen atoms in total. The molecule has 2 aromatic heterocycles. The Morgan fingerprint density at radius 2 is 2.26 bits per heavy atom. The Balaban J connectivity index is 1.74. The molecule has 120 valence electrons. The Hall–Kier alpha value is -2.34. The highest BCUT2D eigenvalue weighted by Crippen LogP contribution is 2.20. The molecule has 3 rings (SSSR count). The molecular formula is C16H18ClN5O. The van der Waals surface area contributed by atoms with Crippen molar-refractivity contribution in [2.45, 2.75) is 32.9 Å². The van der Waals surface area contributed by atoms with Gasteiger partial charge >= 0.3 is 0 Å². The summed E-state index contributed by atoms with van der Waals surface area (Å²) in [6.07, 6.45) is 2.61. The van der Waals surface area contributed by atoms with Crippen molar-refractivity contribution in [1.29, 1.82) is 0 Å². The molecule has 2 heterocycles. The molecule has 0 saturated carbocycles. The first kappa shape index (κ1) is 15.6. The Bertz CT molecular complexity index is 838. The SMILES string of the molecule is CCC(NC(=O)Cn1ccc2ccc(Cl)cc21)c1n[nH]c(C)n1. The van der Waals surface area contributed by atoms with Crippen LogP contribution >= 0.6 is 11.6 Å². The maximum atomic E-state index is 12.4. The number of nitrogens with one attached hydrogen (secondary N) is 2. The number of hydrogen-bond donors (Lipinski definition) is 2. The van der Waals surface area contributed by atoms with E-state index < -0.39 is 0 Å². The van der Waals surface area contributed by atoms with Crippen LogP contribution in [-0.4, -0.2) is 25.7 Å². The van der Waals surface area contributed by atoms with Crippen molar-refractivity contribution < 1.29 is 4.79 Å². The fourth-order valence-electron chi connectivity index (χ4n) is 2.55. The van der Waals surface area contributed by atoms with Gasteiger partial charge in [-0.2, -0.15) is 5.10 Å². The summed E-state index contributed by atoms with van der Waals surface area (Å²) < 4.78 is 1.88. The summed E-state index contributed by atoms with van der Waals surface area (Å²) in [5.74, 6) is 1.26. The molecule has 7 heteroatoms. The zero-order chi connectivity index (χ0) is 16.4. The molecule has 23 heavy (non-hydrogen) atoms. The highest BCUT2D eigenvalue weighted by molar-refractivity contribution is 6.31. The van der Waals surface area contributed by atoms with E-state index in [1.165, 1.54) is 0 Å². The molecule has 1 aromatic carbocycles. The second-order valence-electron chi connectivity index (χ2n) is 5.45. The number of aryl methyl sites for hydroxylation is 1. The first-order valence-electron chi connectivity index (χ1n) is 7.49. The summed E-state index contributed by atoms with van der Waals surface area (Å²) >= 11 is 6.04. The topological polar surface area (TPSA) is 75.6 Å². The third-order valence-electron chi connectivity index (χ3n) is 3.72. The number of aromatic nitrogens is 4. The van der Waals surface area contributed by atoms with E-state index in [0.29, 0.717) is 10.8 Å². The van der Waals surface area contributed by atoms with Crippen LogP contribution in [-0.2, 0) is 11.3 Å². The van der Waals surface area contributed by atoms with Crippen LogP contribution in [0.15, 0.2) is 30.5 Å². The number of halogens is 1. The molecule has 0 aliphatic rings.